The number of carboxylic acid groups (broad SMARTS) is 1. The largest absolute Gasteiger partial charge is 0.481 e. The smallest absolute Gasteiger partial charge is 0.303 e. The molecule has 0 aromatic heterocycles. The van der Waals surface area contributed by atoms with E-state index in [4.69, 9.17) is 18.8 Å². The Bertz CT molecular complexity index is 335. The molecule has 0 aliphatic heterocycles. The van der Waals surface area contributed by atoms with Crippen molar-refractivity contribution in [3.05, 3.63) is 0 Å². The Kier molecular flexibility index (Phi) is 0.666. The van der Waals surface area contributed by atoms with E-state index in [0.717, 1.165) is 0 Å². The fourth-order valence-corrected chi connectivity index (χ4v) is 0.121. The highest BCUT2D eigenvalue weighted by Gasteiger charge is 1.92. The van der Waals surface area contributed by atoms with Crippen LogP contribution in [0.4, 0.5) is 0 Å². The topological polar surface area (TPSA) is 37.3 Å². The van der Waals surface area contributed by atoms with Gasteiger partial charge in [0.2, 0.25) is 0 Å². The summed E-state index contributed by atoms with van der Waals surface area (Å²) in [6.45, 7) is -2.45. The van der Waals surface area contributed by atoms with E-state index in [2.05, 4.69) is 0 Å². The lowest BCUT2D eigenvalue weighted by molar-refractivity contribution is -0.137. The molecule has 0 heterocycles. The molecule has 0 bridgehead atoms. The van der Waals surface area contributed by atoms with Crippen molar-refractivity contribution in [1.29, 1.82) is 0 Å². The van der Waals surface area contributed by atoms with Crippen molar-refractivity contribution in [2.24, 2.45) is 0 Å². The summed E-state index contributed by atoms with van der Waals surface area (Å²) >= 11 is 0. The lowest BCUT2D eigenvalue weighted by Crippen LogP contribution is -1.92. The molecular formula is C6H12O2. The first-order valence-electron chi connectivity index (χ1n) is 6.87. The van der Waals surface area contributed by atoms with Crippen LogP contribution in [-0.4, -0.2) is 11.1 Å². The Morgan fingerprint density at radius 2 is 2.62 bits per heavy atom. The Labute approximate surface area is 63.6 Å². The van der Waals surface area contributed by atoms with Crippen LogP contribution in [-0.2, 0) is 4.79 Å². The van der Waals surface area contributed by atoms with Crippen molar-refractivity contribution in [2.45, 2.75) is 32.4 Å². The van der Waals surface area contributed by atoms with Gasteiger partial charge in [-0.3, -0.25) is 4.79 Å². The van der Waals surface area contributed by atoms with Gasteiger partial charge in [0.25, 0.3) is 0 Å². The minimum Gasteiger partial charge on any atom is -0.481 e. The predicted molar refractivity (Wildman–Crippen MR) is 31.8 cm³/mol. The van der Waals surface area contributed by atoms with Crippen LogP contribution in [0.2, 0.25) is 0 Å². The lowest BCUT2D eigenvalue weighted by Gasteiger charge is -1.89. The van der Waals surface area contributed by atoms with Crippen LogP contribution >= 0.6 is 0 Å². The Morgan fingerprint density at radius 1 is 1.88 bits per heavy atom. The summed E-state index contributed by atoms with van der Waals surface area (Å²) in [5, 5.41) is 8.55. The number of carbonyl (C=O) groups is 1. The standard InChI is InChI=1S/C6H12O2/c1-2-3-4-5-6(7)8/h2-5H2,1H3,(H,7,8)/i1T2,2T2,3T2,4T2,5T2. The van der Waals surface area contributed by atoms with Gasteiger partial charge in [0.15, 0.2) is 0 Å². The van der Waals surface area contributed by atoms with Crippen LogP contribution in [0.3, 0.4) is 0 Å². The summed E-state index contributed by atoms with van der Waals surface area (Å²) in [4.78, 5) is 10.6. The molecule has 0 fully saturated rings. The third-order valence-electron chi connectivity index (χ3n) is 0.304. The fourth-order valence-electron chi connectivity index (χ4n) is 0.121. The highest BCUT2D eigenvalue weighted by Crippen LogP contribution is 1.97. The van der Waals surface area contributed by atoms with Crippen molar-refractivity contribution in [3.8, 4) is 0 Å². The van der Waals surface area contributed by atoms with Crippen molar-refractivity contribution in [3.63, 3.8) is 0 Å². The molecule has 0 aromatic rings. The van der Waals surface area contributed by atoms with Crippen LogP contribution < -0.4 is 0 Å². The van der Waals surface area contributed by atoms with E-state index >= 15 is 0 Å². The molecule has 0 aliphatic rings. The summed E-state index contributed by atoms with van der Waals surface area (Å²) in [5.74, 6) is -2.29. The van der Waals surface area contributed by atoms with E-state index in [-0.39, 0.29) is 0 Å². The average molecular weight is 136 g/mol. The highest BCUT2D eigenvalue weighted by molar-refractivity contribution is 5.66. The molecular weight excluding hydrogens is 104 g/mol. The number of carboxylic acids is 1. The Hall–Kier alpha value is -0.530. The molecule has 0 aliphatic carbocycles. The van der Waals surface area contributed by atoms with Gasteiger partial charge in [-0.2, -0.15) is 0 Å². The van der Waals surface area contributed by atoms with E-state index in [9.17, 15) is 4.79 Å². The molecule has 0 atom stereocenters. The number of rotatable bonds is 4. The molecule has 0 unspecified atom stereocenters. The highest BCUT2D eigenvalue weighted by atomic mass is 16.4. The minimum absolute atomic E-state index is 2.29. The molecule has 48 valence electrons. The van der Waals surface area contributed by atoms with Crippen LogP contribution in [0, 0.1) is 0 Å². The zero-order valence-corrected chi connectivity index (χ0v) is 3.93. The fraction of sp³-hybridized carbons (Fsp3) is 0.833. The van der Waals surface area contributed by atoms with E-state index in [1.165, 1.54) is 0 Å². The van der Waals surface area contributed by atoms with E-state index in [1.54, 1.807) is 0 Å². The molecule has 0 saturated carbocycles. The molecule has 0 amide bonds. The molecule has 0 radical (unpaired) electrons. The maximum atomic E-state index is 10.6. The van der Waals surface area contributed by atoms with Gasteiger partial charge in [-0.05, 0) is 6.37 Å². The van der Waals surface area contributed by atoms with Crippen LogP contribution in [0.15, 0.2) is 0 Å². The summed E-state index contributed by atoms with van der Waals surface area (Å²) in [6, 6.07) is 0. The third kappa shape index (κ3) is 5.47. The van der Waals surface area contributed by atoms with E-state index < -0.39 is 38.3 Å². The molecule has 8 heavy (non-hydrogen) atoms. The summed E-state index contributed by atoms with van der Waals surface area (Å²) < 4.78 is 71.1. The molecule has 2 nitrogen and oxygen atoms in total. The zero-order valence-electron chi connectivity index (χ0n) is 13.9. The number of hydrogen-bond acceptors (Lipinski definition) is 1. The van der Waals surface area contributed by atoms with Crippen LogP contribution in [0.5, 0.6) is 0 Å². The van der Waals surface area contributed by atoms with E-state index in [0.29, 0.717) is 0 Å². The summed E-state index contributed by atoms with van der Waals surface area (Å²) in [7, 11) is 0. The van der Waals surface area contributed by atoms with Gasteiger partial charge in [0.05, 0.1) is 0 Å². The van der Waals surface area contributed by atoms with Gasteiger partial charge in [-0.25, -0.2) is 0 Å². The second-order valence-corrected chi connectivity index (χ2v) is 0.824. The maximum Gasteiger partial charge on any atom is 0.303 e. The first-order valence-corrected chi connectivity index (χ1v) is 1.72. The van der Waals surface area contributed by atoms with Crippen molar-refractivity contribution in [1.82, 2.24) is 0 Å². The SMILES string of the molecule is [3H]C([3H])C([3H])([3H])C([3H])([3H])C([3H])([3H])C([3H])([3H])C(=O)O. The van der Waals surface area contributed by atoms with Gasteiger partial charge in [0, 0.05) is 20.1 Å². The number of hydrogen-bond donors (Lipinski definition) is 1. The summed E-state index contributed by atoms with van der Waals surface area (Å²) in [5.41, 5.74) is 0. The normalized spacial score (nSPS) is 35.1. The molecule has 0 saturated heterocycles. The van der Waals surface area contributed by atoms with Crippen molar-refractivity contribution >= 4 is 5.97 Å². The lowest BCUT2D eigenvalue weighted by atomic mass is 10.2. The molecule has 1 N–H and O–H groups in total. The van der Waals surface area contributed by atoms with Gasteiger partial charge >= 0.3 is 5.97 Å². The minimum atomic E-state index is -3.77. The second kappa shape index (κ2) is 4.62. The first kappa shape index (κ1) is 1.15. The van der Waals surface area contributed by atoms with Crippen molar-refractivity contribution < 1.29 is 23.6 Å². The van der Waals surface area contributed by atoms with Crippen molar-refractivity contribution in [2.75, 3.05) is 0 Å². The number of aliphatic carboxylic acids is 1. The monoisotopic (exact) mass is 136 g/mol. The third-order valence-corrected chi connectivity index (χ3v) is 0.304. The molecule has 0 spiro atoms. The molecule has 2 heteroatoms. The van der Waals surface area contributed by atoms with Gasteiger partial charge in [0.1, 0.15) is 0 Å². The maximum absolute atomic E-state index is 10.6. The van der Waals surface area contributed by atoms with Gasteiger partial charge in [-0.1, -0.05) is 19.6 Å². The van der Waals surface area contributed by atoms with Crippen LogP contribution in [0.1, 0.15) is 46.1 Å². The first-order chi connectivity index (χ1) is 7.64. The van der Waals surface area contributed by atoms with Gasteiger partial charge in [-0.15, -0.1) is 0 Å². The molecule has 0 rings (SSSR count). The average Bonchev–Trinajstić information content (AvgIpc) is 2.15. The van der Waals surface area contributed by atoms with E-state index in [1.807, 2.05) is 0 Å². The zero-order chi connectivity index (χ0) is 15.2. The molecule has 0 aromatic carbocycles. The second-order valence-electron chi connectivity index (χ2n) is 0.824. The van der Waals surface area contributed by atoms with Crippen LogP contribution in [0.25, 0.3) is 0 Å². The predicted octanol–water partition coefficient (Wildman–Crippen LogP) is 1.65. The van der Waals surface area contributed by atoms with Gasteiger partial charge < -0.3 is 5.11 Å². The Morgan fingerprint density at radius 3 is 3.12 bits per heavy atom. The Balaban J connectivity index is 5.81. The quantitative estimate of drug-likeness (QED) is 0.638. The summed E-state index contributed by atoms with van der Waals surface area (Å²) in [6.07, 6.45) is -14.6.